The van der Waals surface area contributed by atoms with Crippen LogP contribution in [0.3, 0.4) is 0 Å². The van der Waals surface area contributed by atoms with E-state index in [2.05, 4.69) is 17.2 Å². The molecule has 2 spiro atoms. The number of hydrogen-bond acceptors (Lipinski definition) is 7. The van der Waals surface area contributed by atoms with Crippen molar-refractivity contribution in [1.29, 1.82) is 0 Å². The minimum atomic E-state index is -2.29. The Hall–Kier alpha value is -3.54. The fourth-order valence-electron chi connectivity index (χ4n) is 5.94. The van der Waals surface area contributed by atoms with Crippen LogP contribution in [-0.2, 0) is 13.7 Å². The summed E-state index contributed by atoms with van der Waals surface area (Å²) in [5, 5.41) is 16.1. The van der Waals surface area contributed by atoms with Crippen LogP contribution in [0.2, 0.25) is 0 Å². The first kappa shape index (κ1) is 25.7. The Morgan fingerprint density at radius 3 is 1.77 bits per heavy atom. The van der Waals surface area contributed by atoms with Crippen LogP contribution >= 0.6 is 0 Å². The van der Waals surface area contributed by atoms with Crippen LogP contribution in [0.4, 0.5) is 0 Å². The number of fused-ring (bicyclic) bond motifs is 4. The Bertz CT molecular complexity index is 1450. The number of rotatable bonds is 3. The van der Waals surface area contributed by atoms with E-state index in [4.69, 9.17) is 23.9 Å². The summed E-state index contributed by atoms with van der Waals surface area (Å²) in [5.41, 5.74) is 5.56. The van der Waals surface area contributed by atoms with Crippen LogP contribution in [0.15, 0.2) is 88.1 Å². The number of nitrogens with zero attached hydrogens (tertiary/aromatic N) is 6. The van der Waals surface area contributed by atoms with Gasteiger partial charge in [-0.15, -0.1) is 10.2 Å². The monoisotopic (exact) mass is 522 g/mol. The highest BCUT2D eigenvalue weighted by molar-refractivity contribution is 6.97. The van der Waals surface area contributed by atoms with Gasteiger partial charge in [-0.3, -0.25) is 0 Å². The Labute approximate surface area is 230 Å². The molecule has 0 N–H and O–H groups in total. The van der Waals surface area contributed by atoms with Crippen molar-refractivity contribution in [3.8, 4) is 0 Å². The largest absolute Gasteiger partial charge is 0.656 e. The zero-order chi connectivity index (χ0) is 27.5. The molecule has 9 nitrogen and oxygen atoms in total. The molecule has 12 heteroatoms. The van der Waals surface area contributed by atoms with Crippen molar-refractivity contribution >= 4 is 55.5 Å². The predicted molar refractivity (Wildman–Crippen MR) is 159 cm³/mol. The number of hydrazone groups is 1. The molecule has 3 aliphatic rings. The van der Waals surface area contributed by atoms with Gasteiger partial charge in [-0.2, -0.15) is 5.10 Å². The second kappa shape index (κ2) is 9.01. The lowest BCUT2D eigenvalue weighted by Crippen LogP contribution is -2.89. The summed E-state index contributed by atoms with van der Waals surface area (Å²) in [6.07, 6.45) is 5.62. The van der Waals surface area contributed by atoms with E-state index in [0.717, 1.165) is 33.1 Å². The van der Waals surface area contributed by atoms with E-state index in [9.17, 15) is 0 Å². The minimum absolute atomic E-state index is 0.111. The van der Waals surface area contributed by atoms with Crippen LogP contribution in [-0.4, -0.2) is 95.4 Å². The van der Waals surface area contributed by atoms with Crippen LogP contribution in [0.1, 0.15) is 16.7 Å². The van der Waals surface area contributed by atoms with Crippen LogP contribution in [0, 0.1) is 0 Å². The van der Waals surface area contributed by atoms with E-state index < -0.39 is 20.5 Å². The second-order valence-electron chi connectivity index (χ2n) is 11.5. The fraction of sp³-hybridized carbons (Fsp3) is 0.222. The average molecular weight is 522 g/mol. The van der Waals surface area contributed by atoms with Crippen LogP contribution < -0.4 is 16.4 Å². The van der Waals surface area contributed by atoms with Crippen molar-refractivity contribution in [3.05, 3.63) is 89.5 Å². The molecule has 3 aliphatic heterocycles. The van der Waals surface area contributed by atoms with E-state index in [1.165, 1.54) is 0 Å². The summed E-state index contributed by atoms with van der Waals surface area (Å²) >= 11 is 0. The van der Waals surface area contributed by atoms with Gasteiger partial charge >= 0.3 is 20.5 Å². The Morgan fingerprint density at radius 1 is 0.744 bits per heavy atom. The molecule has 1 fully saturated rings. The molecular weight excluding hydrogens is 489 g/mol. The highest BCUT2D eigenvalue weighted by Gasteiger charge is 2.65. The van der Waals surface area contributed by atoms with Crippen molar-refractivity contribution in [3.63, 3.8) is 0 Å². The molecule has 6 rings (SSSR count). The summed E-state index contributed by atoms with van der Waals surface area (Å²) in [4.78, 5) is 0. The van der Waals surface area contributed by atoms with Gasteiger partial charge in [-0.1, -0.05) is 83.7 Å². The molecule has 3 aromatic carbocycles. The summed E-state index contributed by atoms with van der Waals surface area (Å²) in [6.45, 7) is -4.58. The average Bonchev–Trinajstić information content (AvgIpc) is 2.93. The molecule has 0 aromatic heterocycles. The zero-order valence-corrected chi connectivity index (χ0v) is 23.3. The molecule has 0 unspecified atom stereocenters. The smallest absolute Gasteiger partial charge is 0.479 e. The lowest BCUT2D eigenvalue weighted by Gasteiger charge is -2.67. The van der Waals surface area contributed by atoms with Crippen molar-refractivity contribution in [2.24, 2.45) is 15.3 Å². The van der Waals surface area contributed by atoms with Gasteiger partial charge < -0.3 is 27.7 Å². The lowest BCUT2D eigenvalue weighted by atomic mass is 9.45. The SMILES string of the molecule is CN(C)/N=C/c1ccccc1B1O[B@@-]2(O[B@-]3(O1)c1ccccc1C=N[N+]3(C)C)c1ccccc1C=N[N+]2(C)C. The molecule has 39 heavy (non-hydrogen) atoms. The third-order valence-corrected chi connectivity index (χ3v) is 8.09. The maximum atomic E-state index is 7.37. The summed E-state index contributed by atoms with van der Waals surface area (Å²) in [7, 11) is 11.0. The van der Waals surface area contributed by atoms with Crippen molar-refractivity contribution in [2.75, 3.05) is 42.3 Å². The predicted octanol–water partition coefficient (Wildman–Crippen LogP) is 0.881. The first-order chi connectivity index (χ1) is 18.6. The molecule has 198 valence electrons. The maximum absolute atomic E-state index is 7.37. The molecule has 0 bridgehead atoms. The molecule has 3 heterocycles. The maximum Gasteiger partial charge on any atom is 0.479 e. The summed E-state index contributed by atoms with van der Waals surface area (Å²) in [6, 6.07) is 24.3. The standard InChI is InChI=1S/C27H33B3N6O3/c1-34(2)31-19-22-13-7-10-16-25(22)28-37-29(26-17-11-8-14-23(26)20-32-35(29,3)4)39-30(38-28)27-18-12-9-15-24(27)21-33-36(30,5)6/h7-21H,1-6H3/b31-19+/t29-,30-/m1/s1. The lowest BCUT2D eigenvalue weighted by molar-refractivity contribution is -0.827. The highest BCUT2D eigenvalue weighted by atomic mass is 16.8. The van der Waals surface area contributed by atoms with Crippen molar-refractivity contribution < 1.29 is 22.7 Å². The zero-order valence-electron chi connectivity index (χ0n) is 23.3. The molecule has 0 radical (unpaired) electrons. The third kappa shape index (κ3) is 3.90. The Kier molecular flexibility index (Phi) is 5.94. The summed E-state index contributed by atoms with van der Waals surface area (Å²) < 4.78 is 21.8. The molecule has 0 aliphatic carbocycles. The fourth-order valence-corrected chi connectivity index (χ4v) is 5.94. The van der Waals surface area contributed by atoms with Gasteiger partial charge in [0.05, 0.1) is 46.8 Å². The number of quaternary nitrogens is 2. The van der Waals surface area contributed by atoms with E-state index >= 15 is 0 Å². The molecule has 0 saturated carbocycles. The first-order valence-corrected chi connectivity index (χ1v) is 13.2. The van der Waals surface area contributed by atoms with Gasteiger partial charge in [0, 0.05) is 14.1 Å². The van der Waals surface area contributed by atoms with Crippen LogP contribution in [0.5, 0.6) is 0 Å². The van der Waals surface area contributed by atoms with Gasteiger partial charge in [-0.05, 0) is 22.2 Å². The van der Waals surface area contributed by atoms with Gasteiger partial charge in [0.1, 0.15) is 0 Å². The molecule has 1 saturated heterocycles. The number of benzene rings is 3. The van der Waals surface area contributed by atoms with Gasteiger partial charge in [-0.25, -0.2) is 0 Å². The first-order valence-electron chi connectivity index (χ1n) is 13.2. The Morgan fingerprint density at radius 2 is 1.23 bits per heavy atom. The summed E-state index contributed by atoms with van der Waals surface area (Å²) in [5.74, 6) is 0. The second-order valence-corrected chi connectivity index (χ2v) is 11.5. The van der Waals surface area contributed by atoms with Gasteiger partial charge in [0.25, 0.3) is 0 Å². The highest BCUT2D eigenvalue weighted by Crippen LogP contribution is 2.38. The molecule has 0 amide bonds. The van der Waals surface area contributed by atoms with Gasteiger partial charge in [0.2, 0.25) is 0 Å². The minimum Gasteiger partial charge on any atom is -0.656 e. The molecular formula is C27H33B3N6O3. The van der Waals surface area contributed by atoms with E-state index in [-0.39, 0.29) is 9.01 Å². The van der Waals surface area contributed by atoms with E-state index in [0.29, 0.717) is 0 Å². The van der Waals surface area contributed by atoms with E-state index in [1.807, 2.05) is 122 Å². The molecule has 3 aromatic rings. The quantitative estimate of drug-likeness (QED) is 0.291. The normalized spacial score (nSPS) is 26.2. The third-order valence-electron chi connectivity index (χ3n) is 8.09. The van der Waals surface area contributed by atoms with Crippen molar-refractivity contribution in [2.45, 2.75) is 0 Å². The molecule has 2 atom stereocenters. The van der Waals surface area contributed by atoms with Crippen LogP contribution in [0.25, 0.3) is 0 Å². The Balaban J connectivity index is 1.64. The topological polar surface area (TPSA) is 68.0 Å². The van der Waals surface area contributed by atoms with Crippen molar-refractivity contribution in [1.82, 2.24) is 5.01 Å². The van der Waals surface area contributed by atoms with Gasteiger partial charge in [0.15, 0.2) is 0 Å². The van der Waals surface area contributed by atoms with E-state index in [1.54, 1.807) is 5.01 Å². The number of hydrogen-bond donors (Lipinski definition) is 0.